The number of ether oxygens (including phenoxy) is 1. The third-order valence-electron chi connectivity index (χ3n) is 3.47. The Kier molecular flexibility index (Phi) is 3.95. The summed E-state index contributed by atoms with van der Waals surface area (Å²) in [5, 5.41) is 13.0. The number of rotatable bonds is 5. The fourth-order valence-corrected chi connectivity index (χ4v) is 2.05. The molecule has 4 N–H and O–H groups in total. The maximum atomic E-state index is 11.6. The van der Waals surface area contributed by atoms with Gasteiger partial charge in [0.2, 0.25) is 0 Å². The number of aryl methyl sites for hydroxylation is 1. The van der Waals surface area contributed by atoms with Crippen molar-refractivity contribution in [3.8, 4) is 0 Å². The van der Waals surface area contributed by atoms with Crippen LogP contribution in [0.25, 0.3) is 0 Å². The predicted molar refractivity (Wildman–Crippen MR) is 74.2 cm³/mol. The lowest BCUT2D eigenvalue weighted by Gasteiger charge is -2.14. The first-order valence-electron chi connectivity index (χ1n) is 6.43. The summed E-state index contributed by atoms with van der Waals surface area (Å²) in [5.41, 5.74) is 8.23. The zero-order valence-electron chi connectivity index (χ0n) is 11.3. The minimum atomic E-state index is -0.452. The Morgan fingerprint density at radius 1 is 1.58 bits per heavy atom. The van der Waals surface area contributed by atoms with E-state index in [1.807, 2.05) is 13.0 Å². The summed E-state index contributed by atoms with van der Waals surface area (Å²) in [7, 11) is 1.33. The van der Waals surface area contributed by atoms with Gasteiger partial charge in [0.05, 0.1) is 18.8 Å². The third kappa shape index (κ3) is 3.17. The Hall–Kier alpha value is -1.75. The van der Waals surface area contributed by atoms with Gasteiger partial charge in [-0.15, -0.1) is 0 Å². The number of carbonyl (C=O) groups is 1. The van der Waals surface area contributed by atoms with Crippen molar-refractivity contribution >= 4 is 17.3 Å². The van der Waals surface area contributed by atoms with Crippen molar-refractivity contribution in [2.75, 3.05) is 24.7 Å². The van der Waals surface area contributed by atoms with E-state index in [-0.39, 0.29) is 6.10 Å². The molecule has 0 saturated heterocycles. The number of nitrogens with one attached hydrogen (secondary N) is 1. The molecule has 104 valence electrons. The van der Waals surface area contributed by atoms with Gasteiger partial charge in [0, 0.05) is 17.9 Å². The van der Waals surface area contributed by atoms with Crippen molar-refractivity contribution in [1.29, 1.82) is 0 Å². The average Bonchev–Trinajstić information content (AvgIpc) is 3.23. The van der Waals surface area contributed by atoms with E-state index < -0.39 is 5.97 Å². The second kappa shape index (κ2) is 5.48. The Labute approximate surface area is 112 Å². The fourth-order valence-electron chi connectivity index (χ4n) is 2.05. The van der Waals surface area contributed by atoms with E-state index in [9.17, 15) is 9.90 Å². The average molecular weight is 264 g/mol. The molecule has 5 nitrogen and oxygen atoms in total. The highest BCUT2D eigenvalue weighted by molar-refractivity contribution is 5.97. The van der Waals surface area contributed by atoms with Crippen LogP contribution >= 0.6 is 0 Å². The molecule has 1 unspecified atom stereocenters. The highest BCUT2D eigenvalue weighted by Gasteiger charge is 2.29. The van der Waals surface area contributed by atoms with Crippen molar-refractivity contribution in [2.45, 2.75) is 25.9 Å². The van der Waals surface area contributed by atoms with E-state index in [2.05, 4.69) is 5.32 Å². The number of esters is 1. The summed E-state index contributed by atoms with van der Waals surface area (Å²) in [6.45, 7) is 2.32. The normalized spacial score (nSPS) is 15.9. The number of benzene rings is 1. The van der Waals surface area contributed by atoms with E-state index >= 15 is 0 Å². The zero-order chi connectivity index (χ0) is 14.0. The first-order chi connectivity index (χ1) is 9.02. The molecule has 1 fully saturated rings. The van der Waals surface area contributed by atoms with Crippen LogP contribution in [-0.4, -0.2) is 30.8 Å². The number of hydrogen-bond acceptors (Lipinski definition) is 5. The van der Waals surface area contributed by atoms with E-state index in [1.54, 1.807) is 6.07 Å². The lowest BCUT2D eigenvalue weighted by Crippen LogP contribution is -2.21. The number of methoxy groups -OCH3 is 1. The molecule has 0 heterocycles. The van der Waals surface area contributed by atoms with Crippen molar-refractivity contribution < 1.29 is 14.6 Å². The van der Waals surface area contributed by atoms with Crippen molar-refractivity contribution in [3.63, 3.8) is 0 Å². The highest BCUT2D eigenvalue weighted by Crippen LogP contribution is 2.32. The largest absolute Gasteiger partial charge is 0.465 e. The molecule has 1 aliphatic carbocycles. The van der Waals surface area contributed by atoms with Gasteiger partial charge in [-0.05, 0) is 43.4 Å². The predicted octanol–water partition coefficient (Wildman–Crippen LogP) is 1.55. The van der Waals surface area contributed by atoms with Crippen molar-refractivity contribution in [1.82, 2.24) is 0 Å². The first-order valence-corrected chi connectivity index (χ1v) is 6.43. The topological polar surface area (TPSA) is 84.6 Å². The Balaban J connectivity index is 2.11. The van der Waals surface area contributed by atoms with Gasteiger partial charge in [-0.3, -0.25) is 0 Å². The SMILES string of the molecule is COC(=O)c1cc(NCC(O)C2CC2)cc(C)c1N. The molecule has 0 spiro atoms. The van der Waals surface area contributed by atoms with Gasteiger partial charge < -0.3 is 20.9 Å². The minimum Gasteiger partial charge on any atom is -0.465 e. The Morgan fingerprint density at radius 2 is 2.26 bits per heavy atom. The molecule has 1 saturated carbocycles. The lowest BCUT2D eigenvalue weighted by molar-refractivity contribution is 0.0602. The third-order valence-corrected chi connectivity index (χ3v) is 3.47. The molecule has 5 heteroatoms. The number of aliphatic hydroxyl groups excluding tert-OH is 1. The standard InChI is InChI=1S/C14H20N2O3/c1-8-5-10(16-7-12(17)9-3-4-9)6-11(13(8)15)14(18)19-2/h5-6,9,12,16-17H,3-4,7,15H2,1-2H3. The molecule has 19 heavy (non-hydrogen) atoms. The van der Waals surface area contributed by atoms with Gasteiger partial charge in [-0.1, -0.05) is 0 Å². The second-order valence-corrected chi connectivity index (χ2v) is 5.03. The summed E-state index contributed by atoms with van der Waals surface area (Å²) in [6, 6.07) is 3.52. The van der Waals surface area contributed by atoms with Gasteiger partial charge >= 0.3 is 5.97 Å². The van der Waals surface area contributed by atoms with Gasteiger partial charge in [0.15, 0.2) is 0 Å². The molecular formula is C14H20N2O3. The minimum absolute atomic E-state index is 0.334. The maximum Gasteiger partial charge on any atom is 0.340 e. The van der Waals surface area contributed by atoms with Crippen LogP contribution in [0.3, 0.4) is 0 Å². The van der Waals surface area contributed by atoms with Crippen LogP contribution in [0.15, 0.2) is 12.1 Å². The molecule has 1 atom stereocenters. The summed E-state index contributed by atoms with van der Waals surface area (Å²) in [6.07, 6.45) is 1.85. The fraction of sp³-hybridized carbons (Fsp3) is 0.500. The summed E-state index contributed by atoms with van der Waals surface area (Å²) >= 11 is 0. The molecular weight excluding hydrogens is 244 g/mol. The van der Waals surface area contributed by atoms with Crippen LogP contribution in [0.5, 0.6) is 0 Å². The van der Waals surface area contributed by atoms with Gasteiger partial charge in [-0.25, -0.2) is 4.79 Å². The highest BCUT2D eigenvalue weighted by atomic mass is 16.5. The summed E-state index contributed by atoms with van der Waals surface area (Å²) in [5.74, 6) is -0.0329. The number of anilines is 2. The summed E-state index contributed by atoms with van der Waals surface area (Å²) in [4.78, 5) is 11.6. The van der Waals surface area contributed by atoms with Gasteiger partial charge in [0.25, 0.3) is 0 Å². The molecule has 0 amide bonds. The van der Waals surface area contributed by atoms with Crippen LogP contribution in [0.4, 0.5) is 11.4 Å². The molecule has 0 aliphatic heterocycles. The van der Waals surface area contributed by atoms with E-state index in [0.29, 0.717) is 23.7 Å². The monoisotopic (exact) mass is 264 g/mol. The maximum absolute atomic E-state index is 11.6. The van der Waals surface area contributed by atoms with Crippen LogP contribution in [0.1, 0.15) is 28.8 Å². The molecule has 1 aromatic rings. The number of nitrogens with two attached hydrogens (primary N) is 1. The number of nitrogen functional groups attached to an aromatic ring is 1. The molecule has 1 aliphatic rings. The molecule has 0 bridgehead atoms. The quantitative estimate of drug-likeness (QED) is 0.555. The second-order valence-electron chi connectivity index (χ2n) is 5.03. The van der Waals surface area contributed by atoms with E-state index in [4.69, 9.17) is 10.5 Å². The molecule has 1 aromatic carbocycles. The zero-order valence-corrected chi connectivity index (χ0v) is 11.3. The van der Waals surface area contributed by atoms with Crippen LogP contribution in [0.2, 0.25) is 0 Å². The number of aliphatic hydroxyl groups is 1. The van der Waals surface area contributed by atoms with E-state index in [1.165, 1.54) is 7.11 Å². The van der Waals surface area contributed by atoms with Gasteiger partial charge in [0.1, 0.15) is 0 Å². The van der Waals surface area contributed by atoms with E-state index in [0.717, 1.165) is 24.1 Å². The first kappa shape index (κ1) is 13.7. The van der Waals surface area contributed by atoms with Gasteiger partial charge in [-0.2, -0.15) is 0 Å². The van der Waals surface area contributed by atoms with Crippen molar-refractivity contribution in [2.24, 2.45) is 5.92 Å². The van der Waals surface area contributed by atoms with Crippen molar-refractivity contribution in [3.05, 3.63) is 23.3 Å². The molecule has 0 aromatic heterocycles. The van der Waals surface area contributed by atoms with Crippen LogP contribution in [-0.2, 0) is 4.74 Å². The van der Waals surface area contributed by atoms with Crippen LogP contribution < -0.4 is 11.1 Å². The lowest BCUT2D eigenvalue weighted by atomic mass is 10.1. The Morgan fingerprint density at radius 3 is 2.84 bits per heavy atom. The Bertz CT molecular complexity index is 484. The van der Waals surface area contributed by atoms with Crippen LogP contribution in [0, 0.1) is 12.8 Å². The smallest absolute Gasteiger partial charge is 0.340 e. The summed E-state index contributed by atoms with van der Waals surface area (Å²) < 4.78 is 4.70. The number of carbonyl (C=O) groups excluding carboxylic acids is 1. The molecule has 2 rings (SSSR count). The number of hydrogen-bond donors (Lipinski definition) is 3. The molecule has 0 radical (unpaired) electrons.